The average molecular weight is 341 g/mol. The number of aromatic nitrogens is 2. The minimum absolute atomic E-state index is 0.551. The number of rotatable bonds is 6. The Kier molecular flexibility index (Phi) is 5.89. The van der Waals surface area contributed by atoms with Gasteiger partial charge in [-0.05, 0) is 48.6 Å². The van der Waals surface area contributed by atoms with Crippen LogP contribution in [-0.4, -0.2) is 16.2 Å². The standard InChI is InChI=1S/C21H31N3O/c1-14(2)18-10-9-15(3)11-19(18)22-13-21-24-23-20(25-21)12-17-8-6-5-7-16(17)4/h5-8,14-15,18-19,22H,9-13H2,1-4H3/t15-,18-,19+/m0/s1. The zero-order valence-electron chi connectivity index (χ0n) is 16.0. The molecule has 4 nitrogen and oxygen atoms in total. The summed E-state index contributed by atoms with van der Waals surface area (Å²) in [7, 11) is 0. The fourth-order valence-electron chi connectivity index (χ4n) is 4.06. The van der Waals surface area contributed by atoms with Crippen LogP contribution in [0.25, 0.3) is 0 Å². The van der Waals surface area contributed by atoms with E-state index >= 15 is 0 Å². The molecular weight excluding hydrogens is 310 g/mol. The van der Waals surface area contributed by atoms with Crippen molar-refractivity contribution in [1.82, 2.24) is 15.5 Å². The van der Waals surface area contributed by atoms with Crippen molar-refractivity contribution in [3.63, 3.8) is 0 Å². The molecule has 0 amide bonds. The number of hydrogen-bond donors (Lipinski definition) is 1. The molecule has 2 aromatic rings. The smallest absolute Gasteiger partial charge is 0.230 e. The molecule has 25 heavy (non-hydrogen) atoms. The molecule has 1 aliphatic carbocycles. The Morgan fingerprint density at radius 1 is 1.16 bits per heavy atom. The second kappa shape index (κ2) is 8.13. The Morgan fingerprint density at radius 3 is 2.68 bits per heavy atom. The summed E-state index contributed by atoms with van der Waals surface area (Å²) in [5, 5.41) is 12.2. The predicted octanol–water partition coefficient (Wildman–Crippen LogP) is 4.52. The van der Waals surface area contributed by atoms with Crippen LogP contribution in [0.5, 0.6) is 0 Å². The van der Waals surface area contributed by atoms with Crippen LogP contribution in [0.3, 0.4) is 0 Å². The van der Waals surface area contributed by atoms with Crippen LogP contribution < -0.4 is 5.32 Å². The SMILES string of the molecule is Cc1ccccc1Cc1nnc(CN[C@@H]2C[C@@H](C)CC[C@H]2C(C)C)o1. The predicted molar refractivity (Wildman–Crippen MR) is 100 cm³/mol. The molecular formula is C21H31N3O. The first-order valence-corrected chi connectivity index (χ1v) is 9.62. The fraction of sp³-hybridized carbons (Fsp3) is 0.619. The lowest BCUT2D eigenvalue weighted by molar-refractivity contribution is 0.166. The molecule has 1 fully saturated rings. The van der Waals surface area contributed by atoms with Gasteiger partial charge in [-0.25, -0.2) is 0 Å². The Morgan fingerprint density at radius 2 is 1.92 bits per heavy atom. The molecule has 0 bridgehead atoms. The molecule has 0 aliphatic heterocycles. The highest BCUT2D eigenvalue weighted by Gasteiger charge is 2.30. The summed E-state index contributed by atoms with van der Waals surface area (Å²) in [5.41, 5.74) is 2.50. The third-order valence-corrected chi connectivity index (χ3v) is 5.65. The van der Waals surface area contributed by atoms with Crippen molar-refractivity contribution in [3.05, 3.63) is 47.2 Å². The van der Waals surface area contributed by atoms with E-state index in [1.165, 1.54) is 30.4 Å². The van der Waals surface area contributed by atoms with E-state index < -0.39 is 0 Å². The molecule has 1 N–H and O–H groups in total. The van der Waals surface area contributed by atoms with Gasteiger partial charge in [-0.2, -0.15) is 0 Å². The number of nitrogens with zero attached hydrogens (tertiary/aromatic N) is 2. The van der Waals surface area contributed by atoms with E-state index in [1.54, 1.807) is 0 Å². The molecule has 0 spiro atoms. The van der Waals surface area contributed by atoms with Crippen molar-refractivity contribution < 1.29 is 4.42 Å². The fourth-order valence-corrected chi connectivity index (χ4v) is 4.06. The topological polar surface area (TPSA) is 51.0 Å². The minimum Gasteiger partial charge on any atom is -0.424 e. The Labute approximate surface area is 151 Å². The van der Waals surface area contributed by atoms with Crippen molar-refractivity contribution in [1.29, 1.82) is 0 Å². The lowest BCUT2D eigenvalue weighted by Crippen LogP contribution is -2.42. The largest absolute Gasteiger partial charge is 0.424 e. The van der Waals surface area contributed by atoms with Crippen molar-refractivity contribution >= 4 is 0 Å². The molecule has 1 aromatic carbocycles. The van der Waals surface area contributed by atoms with Gasteiger partial charge in [0.2, 0.25) is 11.8 Å². The molecule has 1 heterocycles. The van der Waals surface area contributed by atoms with Gasteiger partial charge in [0, 0.05) is 6.04 Å². The van der Waals surface area contributed by atoms with Crippen LogP contribution in [0.1, 0.15) is 62.9 Å². The molecule has 1 aliphatic rings. The van der Waals surface area contributed by atoms with Gasteiger partial charge in [-0.3, -0.25) is 0 Å². The summed E-state index contributed by atoms with van der Waals surface area (Å²) in [6, 6.07) is 8.89. The quantitative estimate of drug-likeness (QED) is 0.839. The highest BCUT2D eigenvalue weighted by Crippen LogP contribution is 2.33. The number of benzene rings is 1. The first-order chi connectivity index (χ1) is 12.0. The molecule has 0 unspecified atom stereocenters. The maximum Gasteiger partial charge on any atom is 0.230 e. The highest BCUT2D eigenvalue weighted by atomic mass is 16.4. The molecule has 1 aromatic heterocycles. The summed E-state index contributed by atoms with van der Waals surface area (Å²) in [5.74, 6) is 3.65. The molecule has 1 saturated carbocycles. The van der Waals surface area contributed by atoms with Crippen LogP contribution in [0.4, 0.5) is 0 Å². The van der Waals surface area contributed by atoms with Crippen molar-refractivity contribution in [2.45, 2.75) is 66.0 Å². The van der Waals surface area contributed by atoms with Gasteiger partial charge in [0.15, 0.2) is 0 Å². The summed E-state index contributed by atoms with van der Waals surface area (Å²) in [6.45, 7) is 9.81. The molecule has 3 atom stereocenters. The summed E-state index contributed by atoms with van der Waals surface area (Å²) < 4.78 is 5.87. The van der Waals surface area contributed by atoms with Crippen molar-refractivity contribution in [2.24, 2.45) is 17.8 Å². The van der Waals surface area contributed by atoms with Gasteiger partial charge in [-0.15, -0.1) is 10.2 Å². The van der Waals surface area contributed by atoms with Crippen LogP contribution in [-0.2, 0) is 13.0 Å². The minimum atomic E-state index is 0.551. The summed E-state index contributed by atoms with van der Waals surface area (Å²) >= 11 is 0. The maximum atomic E-state index is 5.87. The third kappa shape index (κ3) is 4.69. The number of hydrogen-bond acceptors (Lipinski definition) is 4. The van der Waals surface area contributed by atoms with Gasteiger partial charge >= 0.3 is 0 Å². The zero-order valence-corrected chi connectivity index (χ0v) is 16.0. The van der Waals surface area contributed by atoms with Crippen molar-refractivity contribution in [3.8, 4) is 0 Å². The normalized spacial score (nSPS) is 24.0. The molecule has 3 rings (SSSR count). The zero-order chi connectivity index (χ0) is 17.8. The first-order valence-electron chi connectivity index (χ1n) is 9.62. The van der Waals surface area contributed by atoms with Crippen LogP contribution >= 0.6 is 0 Å². The second-order valence-electron chi connectivity index (χ2n) is 8.01. The maximum absolute atomic E-state index is 5.87. The highest BCUT2D eigenvalue weighted by molar-refractivity contribution is 5.27. The monoisotopic (exact) mass is 341 g/mol. The van der Waals surface area contributed by atoms with Gasteiger partial charge in [0.1, 0.15) is 0 Å². The van der Waals surface area contributed by atoms with E-state index in [9.17, 15) is 0 Å². The van der Waals surface area contributed by atoms with Crippen LogP contribution in [0.2, 0.25) is 0 Å². The average Bonchev–Trinajstić information content (AvgIpc) is 3.02. The number of nitrogens with one attached hydrogen (secondary N) is 1. The van der Waals surface area contributed by atoms with Crippen LogP contribution in [0.15, 0.2) is 28.7 Å². The molecule has 136 valence electrons. The van der Waals surface area contributed by atoms with Gasteiger partial charge in [-0.1, -0.05) is 51.5 Å². The molecule has 0 radical (unpaired) electrons. The summed E-state index contributed by atoms with van der Waals surface area (Å²) in [4.78, 5) is 0. The van der Waals surface area contributed by atoms with E-state index in [1.807, 2.05) is 0 Å². The van der Waals surface area contributed by atoms with Crippen LogP contribution in [0, 0.1) is 24.7 Å². The van der Waals surface area contributed by atoms with E-state index in [2.05, 4.69) is 67.5 Å². The van der Waals surface area contributed by atoms with Gasteiger partial charge in [0.25, 0.3) is 0 Å². The van der Waals surface area contributed by atoms with E-state index in [-0.39, 0.29) is 0 Å². The Bertz CT molecular complexity index is 679. The third-order valence-electron chi connectivity index (χ3n) is 5.65. The van der Waals surface area contributed by atoms with Crippen molar-refractivity contribution in [2.75, 3.05) is 0 Å². The summed E-state index contributed by atoms with van der Waals surface area (Å²) in [6.07, 6.45) is 4.61. The van der Waals surface area contributed by atoms with E-state index in [0.29, 0.717) is 36.7 Å². The lowest BCUT2D eigenvalue weighted by Gasteiger charge is -2.37. The van der Waals surface area contributed by atoms with Gasteiger partial charge < -0.3 is 9.73 Å². The molecule has 4 heteroatoms. The second-order valence-corrected chi connectivity index (χ2v) is 8.01. The van der Waals surface area contributed by atoms with E-state index in [0.717, 1.165) is 11.8 Å². The molecule has 0 saturated heterocycles. The Hall–Kier alpha value is -1.68. The van der Waals surface area contributed by atoms with Gasteiger partial charge in [0.05, 0.1) is 13.0 Å². The number of aryl methyl sites for hydroxylation is 1. The first kappa shape index (κ1) is 18.1. The lowest BCUT2D eigenvalue weighted by atomic mass is 9.74. The van der Waals surface area contributed by atoms with E-state index in [4.69, 9.17) is 4.42 Å². The Balaban J connectivity index is 1.58.